The summed E-state index contributed by atoms with van der Waals surface area (Å²) in [5.41, 5.74) is 1.79. The topological polar surface area (TPSA) is 84.7 Å². The first-order valence-corrected chi connectivity index (χ1v) is 8.92. The minimum atomic E-state index is -0.358. The van der Waals surface area contributed by atoms with Gasteiger partial charge < -0.3 is 5.32 Å². The van der Waals surface area contributed by atoms with Crippen LogP contribution in [0.25, 0.3) is 11.4 Å². The van der Waals surface area contributed by atoms with E-state index in [2.05, 4.69) is 25.2 Å². The van der Waals surface area contributed by atoms with Gasteiger partial charge in [0.2, 0.25) is 0 Å². The summed E-state index contributed by atoms with van der Waals surface area (Å²) in [6, 6.07) is 3.69. The second-order valence-electron chi connectivity index (χ2n) is 5.19. The Morgan fingerprint density at radius 2 is 2.22 bits per heavy atom. The summed E-state index contributed by atoms with van der Waals surface area (Å²) >= 11 is 6.98. The minimum absolute atomic E-state index is 0.177. The second-order valence-corrected chi connectivity index (χ2v) is 6.16. The average molecular weight is 353 g/mol. The Morgan fingerprint density at radius 1 is 1.43 bits per heavy atom. The zero-order chi connectivity index (χ0) is 16.2. The van der Waals surface area contributed by atoms with E-state index in [4.69, 9.17) is 11.8 Å². The number of nitrogens with one attached hydrogen (secondary N) is 2. The van der Waals surface area contributed by atoms with Crippen LogP contribution in [0.5, 0.6) is 0 Å². The molecule has 23 heavy (non-hydrogen) atoms. The number of rotatable bonds is 4. The summed E-state index contributed by atoms with van der Waals surface area (Å²) in [5.74, 6) is -0.358. The standard InChI is InChI=1S/C14H17ClN6OS/c1-23-14-17-7-4-10(18-14)11-8-12(13(22)19-15)21(20-11)9-2-5-16-6-3-9/h4,7-9,16H,2-3,5-6H2,1H3,(H,19,22). The second kappa shape index (κ2) is 7.29. The summed E-state index contributed by atoms with van der Waals surface area (Å²) in [6.45, 7) is 1.82. The average Bonchev–Trinajstić information content (AvgIpc) is 3.07. The van der Waals surface area contributed by atoms with E-state index in [1.54, 1.807) is 23.0 Å². The van der Waals surface area contributed by atoms with Crippen molar-refractivity contribution in [2.75, 3.05) is 19.3 Å². The van der Waals surface area contributed by atoms with Gasteiger partial charge in [-0.2, -0.15) is 5.10 Å². The first kappa shape index (κ1) is 16.2. The van der Waals surface area contributed by atoms with Crippen LogP contribution < -0.4 is 10.2 Å². The van der Waals surface area contributed by atoms with Crippen molar-refractivity contribution in [3.8, 4) is 11.4 Å². The normalized spacial score (nSPS) is 15.6. The van der Waals surface area contributed by atoms with Crippen LogP contribution in [0.1, 0.15) is 29.4 Å². The van der Waals surface area contributed by atoms with Crippen LogP contribution in [0.2, 0.25) is 0 Å². The molecule has 1 amide bonds. The Hall–Kier alpha value is -1.64. The number of thioether (sulfide) groups is 1. The molecule has 2 N–H and O–H groups in total. The quantitative estimate of drug-likeness (QED) is 0.496. The summed E-state index contributed by atoms with van der Waals surface area (Å²) < 4.78 is 1.77. The van der Waals surface area contributed by atoms with Crippen molar-refractivity contribution in [2.45, 2.75) is 24.0 Å². The summed E-state index contributed by atoms with van der Waals surface area (Å²) in [6.07, 6.45) is 5.45. The Morgan fingerprint density at radius 3 is 2.91 bits per heavy atom. The van der Waals surface area contributed by atoms with Crippen molar-refractivity contribution < 1.29 is 4.79 Å². The highest BCUT2D eigenvalue weighted by Gasteiger charge is 2.24. The fourth-order valence-electron chi connectivity index (χ4n) is 2.65. The van der Waals surface area contributed by atoms with Crippen LogP contribution >= 0.6 is 23.5 Å². The molecule has 0 atom stereocenters. The molecular formula is C14H17ClN6OS. The number of hydrogen-bond donors (Lipinski definition) is 2. The minimum Gasteiger partial charge on any atom is -0.317 e. The maximum absolute atomic E-state index is 12.1. The van der Waals surface area contributed by atoms with E-state index in [0.717, 1.165) is 25.9 Å². The van der Waals surface area contributed by atoms with E-state index < -0.39 is 0 Å². The van der Waals surface area contributed by atoms with Crippen molar-refractivity contribution in [1.29, 1.82) is 0 Å². The van der Waals surface area contributed by atoms with Crippen molar-refractivity contribution in [3.63, 3.8) is 0 Å². The molecule has 2 aromatic heterocycles. The van der Waals surface area contributed by atoms with Gasteiger partial charge >= 0.3 is 0 Å². The van der Waals surface area contributed by atoms with Gasteiger partial charge in [-0.3, -0.25) is 14.3 Å². The highest BCUT2D eigenvalue weighted by atomic mass is 35.5. The van der Waals surface area contributed by atoms with Crippen molar-refractivity contribution >= 4 is 29.4 Å². The molecule has 0 aromatic carbocycles. The maximum Gasteiger partial charge on any atom is 0.283 e. The molecule has 9 heteroatoms. The van der Waals surface area contributed by atoms with Gasteiger partial charge in [-0.25, -0.2) is 9.97 Å². The molecule has 0 bridgehead atoms. The van der Waals surface area contributed by atoms with E-state index in [1.165, 1.54) is 11.8 Å². The van der Waals surface area contributed by atoms with Gasteiger partial charge in [0.25, 0.3) is 5.91 Å². The Balaban J connectivity index is 2.01. The number of piperidine rings is 1. The van der Waals surface area contributed by atoms with Crippen LogP contribution in [-0.2, 0) is 0 Å². The molecule has 3 rings (SSSR count). The monoisotopic (exact) mass is 352 g/mol. The Kier molecular flexibility index (Phi) is 5.14. The molecule has 1 aliphatic rings. The molecule has 0 radical (unpaired) electrons. The number of halogens is 1. The third kappa shape index (κ3) is 3.49. The van der Waals surface area contributed by atoms with E-state index in [0.29, 0.717) is 22.2 Å². The molecule has 1 aliphatic heterocycles. The highest BCUT2D eigenvalue weighted by Crippen LogP contribution is 2.25. The van der Waals surface area contributed by atoms with Crippen molar-refractivity contribution in [3.05, 3.63) is 24.0 Å². The Labute approximate surface area is 143 Å². The molecular weight excluding hydrogens is 336 g/mol. The largest absolute Gasteiger partial charge is 0.317 e. The molecule has 3 heterocycles. The zero-order valence-corrected chi connectivity index (χ0v) is 14.2. The van der Waals surface area contributed by atoms with Gasteiger partial charge in [-0.05, 0) is 44.3 Å². The lowest BCUT2D eigenvalue weighted by Crippen LogP contribution is -2.32. The number of aromatic nitrogens is 4. The van der Waals surface area contributed by atoms with Crippen molar-refractivity contribution in [2.24, 2.45) is 0 Å². The molecule has 7 nitrogen and oxygen atoms in total. The SMILES string of the molecule is CSc1nccc(-c2cc(C(=O)NCl)n(C3CCNCC3)n2)n1. The van der Waals surface area contributed by atoms with E-state index in [9.17, 15) is 4.79 Å². The fourth-order valence-corrected chi connectivity index (χ4v) is 3.10. The van der Waals surface area contributed by atoms with E-state index in [1.807, 2.05) is 6.26 Å². The highest BCUT2D eigenvalue weighted by molar-refractivity contribution is 7.98. The number of hydrogen-bond acceptors (Lipinski definition) is 6. The van der Waals surface area contributed by atoms with Crippen LogP contribution in [0, 0.1) is 0 Å². The fraction of sp³-hybridized carbons (Fsp3) is 0.429. The molecule has 0 saturated carbocycles. The molecule has 0 aliphatic carbocycles. The molecule has 122 valence electrons. The van der Waals surface area contributed by atoms with Gasteiger partial charge in [0.05, 0.1) is 11.7 Å². The predicted octanol–water partition coefficient (Wildman–Crippen LogP) is 1.87. The lowest BCUT2D eigenvalue weighted by Gasteiger charge is -2.24. The van der Waals surface area contributed by atoms with Gasteiger partial charge in [0.15, 0.2) is 5.16 Å². The number of carbonyl (C=O) groups excluding carboxylic acids is 1. The molecule has 0 spiro atoms. The Bertz CT molecular complexity index is 700. The van der Waals surface area contributed by atoms with Crippen molar-refractivity contribution in [1.82, 2.24) is 29.9 Å². The van der Waals surface area contributed by atoms with E-state index >= 15 is 0 Å². The van der Waals surface area contributed by atoms with Crippen LogP contribution in [0.15, 0.2) is 23.5 Å². The van der Waals surface area contributed by atoms with Gasteiger partial charge in [-0.1, -0.05) is 11.8 Å². The van der Waals surface area contributed by atoms with E-state index in [-0.39, 0.29) is 11.9 Å². The van der Waals surface area contributed by atoms with Gasteiger partial charge in [0, 0.05) is 18.0 Å². The zero-order valence-electron chi connectivity index (χ0n) is 12.6. The lowest BCUT2D eigenvalue weighted by molar-refractivity contribution is 0.0967. The lowest BCUT2D eigenvalue weighted by atomic mass is 10.1. The molecule has 1 saturated heterocycles. The van der Waals surface area contributed by atoms with Gasteiger partial charge in [-0.15, -0.1) is 0 Å². The summed E-state index contributed by atoms with van der Waals surface area (Å²) in [4.78, 5) is 22.9. The third-order valence-electron chi connectivity index (χ3n) is 3.79. The molecule has 0 unspecified atom stereocenters. The predicted molar refractivity (Wildman–Crippen MR) is 89.5 cm³/mol. The molecule has 2 aromatic rings. The first-order chi connectivity index (χ1) is 11.2. The number of nitrogens with zero attached hydrogens (tertiary/aromatic N) is 4. The van der Waals surface area contributed by atoms with Crippen LogP contribution in [-0.4, -0.2) is 45.0 Å². The third-order valence-corrected chi connectivity index (χ3v) is 4.52. The summed E-state index contributed by atoms with van der Waals surface area (Å²) in [7, 11) is 0. The van der Waals surface area contributed by atoms with Crippen LogP contribution in [0.4, 0.5) is 0 Å². The maximum atomic E-state index is 12.1. The van der Waals surface area contributed by atoms with Gasteiger partial charge in [0.1, 0.15) is 11.4 Å². The number of amides is 1. The van der Waals surface area contributed by atoms with Crippen LogP contribution in [0.3, 0.4) is 0 Å². The molecule has 1 fully saturated rings. The smallest absolute Gasteiger partial charge is 0.283 e. The number of carbonyl (C=O) groups is 1. The first-order valence-electron chi connectivity index (χ1n) is 7.31. The summed E-state index contributed by atoms with van der Waals surface area (Å²) in [5, 5.41) is 8.60.